The first kappa shape index (κ1) is 14.0. The van der Waals surface area contributed by atoms with Crippen LogP contribution in [0.3, 0.4) is 0 Å². The van der Waals surface area contributed by atoms with Gasteiger partial charge < -0.3 is 9.80 Å². The first-order chi connectivity index (χ1) is 10.8. The summed E-state index contributed by atoms with van der Waals surface area (Å²) in [5, 5.41) is 4.43. The van der Waals surface area contributed by atoms with E-state index < -0.39 is 0 Å². The molecule has 0 aromatic carbocycles. The van der Waals surface area contributed by atoms with E-state index >= 15 is 0 Å². The topological polar surface area (TPSA) is 39.9 Å². The third-order valence-corrected chi connectivity index (χ3v) is 5.12. The predicted octanol–water partition coefficient (Wildman–Crippen LogP) is 0.945. The molecule has 4 rings (SSSR count). The Bertz CT molecular complexity index is 622. The molecule has 0 saturated carbocycles. The maximum absolute atomic E-state index is 4.43. The highest BCUT2D eigenvalue weighted by atomic mass is 15.3. The average molecular weight is 300 g/mol. The number of hydrogen-bond acceptors (Lipinski definition) is 5. The van der Waals surface area contributed by atoms with Crippen LogP contribution in [-0.2, 0) is 0 Å². The summed E-state index contributed by atoms with van der Waals surface area (Å²) in [6.07, 6.45) is 8.15. The van der Waals surface area contributed by atoms with Crippen LogP contribution in [0.1, 0.15) is 12.8 Å². The molecule has 2 fully saturated rings. The number of nitrogens with zero attached hydrogens (tertiary/aromatic N) is 6. The molecule has 0 spiro atoms. The Morgan fingerprint density at radius 3 is 2.59 bits per heavy atom. The summed E-state index contributed by atoms with van der Waals surface area (Å²) >= 11 is 0. The lowest BCUT2D eigenvalue weighted by Crippen LogP contribution is -2.52. The lowest BCUT2D eigenvalue weighted by atomic mass is 10.0. The molecule has 2 aromatic heterocycles. The first-order valence-corrected chi connectivity index (χ1v) is 8.26. The van der Waals surface area contributed by atoms with Crippen LogP contribution in [0.2, 0.25) is 0 Å². The van der Waals surface area contributed by atoms with Gasteiger partial charge in [-0.05, 0) is 19.9 Å². The van der Waals surface area contributed by atoms with Crippen molar-refractivity contribution in [2.45, 2.75) is 18.9 Å². The summed E-state index contributed by atoms with van der Waals surface area (Å²) in [7, 11) is 2.22. The van der Waals surface area contributed by atoms with Gasteiger partial charge in [0.05, 0.1) is 11.9 Å². The quantitative estimate of drug-likeness (QED) is 0.826. The SMILES string of the molecule is CN1CCN(C2CCN(c3cnn4ccnc4c3)CC2)CC1. The second kappa shape index (κ2) is 5.85. The molecule has 0 atom stereocenters. The van der Waals surface area contributed by atoms with E-state index in [9.17, 15) is 0 Å². The molecule has 22 heavy (non-hydrogen) atoms. The number of imidazole rings is 1. The zero-order valence-electron chi connectivity index (χ0n) is 13.2. The van der Waals surface area contributed by atoms with Crippen LogP contribution in [0.15, 0.2) is 24.7 Å². The maximum Gasteiger partial charge on any atom is 0.155 e. The maximum atomic E-state index is 4.43. The molecule has 0 aliphatic carbocycles. The monoisotopic (exact) mass is 300 g/mol. The van der Waals surface area contributed by atoms with E-state index in [0.29, 0.717) is 0 Å². The van der Waals surface area contributed by atoms with Gasteiger partial charge in [0.25, 0.3) is 0 Å². The minimum atomic E-state index is 0.757. The molecule has 118 valence electrons. The van der Waals surface area contributed by atoms with E-state index in [0.717, 1.165) is 24.8 Å². The number of likely N-dealkylation sites (N-methyl/N-ethyl adjacent to an activating group) is 1. The summed E-state index contributed by atoms with van der Waals surface area (Å²) in [6.45, 7) is 7.11. The second-order valence-corrected chi connectivity index (χ2v) is 6.50. The van der Waals surface area contributed by atoms with Crippen molar-refractivity contribution in [1.82, 2.24) is 24.4 Å². The van der Waals surface area contributed by atoms with Crippen LogP contribution in [-0.4, -0.2) is 76.8 Å². The van der Waals surface area contributed by atoms with E-state index in [2.05, 4.69) is 37.9 Å². The Hall–Kier alpha value is -1.66. The van der Waals surface area contributed by atoms with E-state index in [1.165, 1.54) is 44.7 Å². The van der Waals surface area contributed by atoms with Gasteiger partial charge in [0.15, 0.2) is 5.65 Å². The van der Waals surface area contributed by atoms with Crippen molar-refractivity contribution in [3.05, 3.63) is 24.7 Å². The van der Waals surface area contributed by atoms with Crippen LogP contribution in [0.25, 0.3) is 5.65 Å². The van der Waals surface area contributed by atoms with Crippen LogP contribution < -0.4 is 4.90 Å². The number of piperazine rings is 1. The molecule has 6 heteroatoms. The van der Waals surface area contributed by atoms with Crippen molar-refractivity contribution in [2.75, 3.05) is 51.2 Å². The van der Waals surface area contributed by atoms with Crippen molar-refractivity contribution in [2.24, 2.45) is 0 Å². The van der Waals surface area contributed by atoms with Gasteiger partial charge in [-0.25, -0.2) is 9.50 Å². The molecule has 0 radical (unpaired) electrons. The van der Waals surface area contributed by atoms with Gasteiger partial charge in [0, 0.05) is 63.8 Å². The van der Waals surface area contributed by atoms with Crippen molar-refractivity contribution >= 4 is 11.3 Å². The van der Waals surface area contributed by atoms with Crippen molar-refractivity contribution < 1.29 is 0 Å². The number of anilines is 1. The van der Waals surface area contributed by atoms with E-state index in [1.807, 2.05) is 16.9 Å². The summed E-state index contributed by atoms with van der Waals surface area (Å²) in [5.41, 5.74) is 2.13. The van der Waals surface area contributed by atoms with Gasteiger partial charge in [-0.15, -0.1) is 0 Å². The summed E-state index contributed by atoms with van der Waals surface area (Å²) in [5.74, 6) is 0. The molecule has 0 unspecified atom stereocenters. The molecular formula is C16H24N6. The predicted molar refractivity (Wildman–Crippen MR) is 87.3 cm³/mol. The lowest BCUT2D eigenvalue weighted by molar-refractivity contribution is 0.0982. The Morgan fingerprint density at radius 2 is 1.82 bits per heavy atom. The fourth-order valence-corrected chi connectivity index (χ4v) is 3.65. The Kier molecular flexibility index (Phi) is 3.72. The number of fused-ring (bicyclic) bond motifs is 1. The van der Waals surface area contributed by atoms with E-state index in [-0.39, 0.29) is 0 Å². The molecule has 6 nitrogen and oxygen atoms in total. The van der Waals surface area contributed by atoms with Gasteiger partial charge in [0.2, 0.25) is 0 Å². The largest absolute Gasteiger partial charge is 0.370 e. The van der Waals surface area contributed by atoms with E-state index in [1.54, 1.807) is 6.20 Å². The molecule has 0 bridgehead atoms. The highest BCUT2D eigenvalue weighted by Gasteiger charge is 2.26. The molecule has 4 heterocycles. The zero-order chi connectivity index (χ0) is 14.9. The van der Waals surface area contributed by atoms with Gasteiger partial charge in [0.1, 0.15) is 0 Å². The molecule has 2 aromatic rings. The van der Waals surface area contributed by atoms with Gasteiger partial charge >= 0.3 is 0 Å². The smallest absolute Gasteiger partial charge is 0.155 e. The minimum Gasteiger partial charge on any atom is -0.370 e. The summed E-state index contributed by atoms with van der Waals surface area (Å²) in [6, 6.07) is 2.90. The van der Waals surface area contributed by atoms with Gasteiger partial charge in [-0.1, -0.05) is 0 Å². The summed E-state index contributed by atoms with van der Waals surface area (Å²) < 4.78 is 1.82. The summed E-state index contributed by atoms with van der Waals surface area (Å²) in [4.78, 5) is 11.9. The molecule has 0 N–H and O–H groups in total. The number of hydrogen-bond donors (Lipinski definition) is 0. The molecule has 2 aliphatic rings. The van der Waals surface area contributed by atoms with Crippen molar-refractivity contribution in [3.8, 4) is 0 Å². The van der Waals surface area contributed by atoms with E-state index in [4.69, 9.17) is 0 Å². The first-order valence-electron chi connectivity index (χ1n) is 8.26. The third kappa shape index (κ3) is 2.68. The fraction of sp³-hybridized carbons (Fsp3) is 0.625. The third-order valence-electron chi connectivity index (χ3n) is 5.12. The highest BCUT2D eigenvalue weighted by Crippen LogP contribution is 2.23. The Labute approximate surface area is 131 Å². The fourth-order valence-electron chi connectivity index (χ4n) is 3.65. The lowest BCUT2D eigenvalue weighted by Gasteiger charge is -2.42. The Balaban J connectivity index is 1.38. The van der Waals surface area contributed by atoms with Crippen LogP contribution in [0.5, 0.6) is 0 Å². The standard InChI is InChI=1S/C16H24N6/c1-19-8-10-21(11-9-19)14-2-5-20(6-3-14)15-12-16-17-4-7-22(16)18-13-15/h4,7,12-14H,2-3,5-6,8-11H2,1H3. The second-order valence-electron chi connectivity index (χ2n) is 6.50. The number of rotatable bonds is 2. The van der Waals surface area contributed by atoms with Gasteiger partial charge in [-0.2, -0.15) is 5.10 Å². The van der Waals surface area contributed by atoms with Crippen LogP contribution in [0.4, 0.5) is 5.69 Å². The molecule has 2 saturated heterocycles. The Morgan fingerprint density at radius 1 is 1.05 bits per heavy atom. The number of piperidine rings is 1. The average Bonchev–Trinajstić information content (AvgIpc) is 3.03. The number of aromatic nitrogens is 3. The highest BCUT2D eigenvalue weighted by molar-refractivity contribution is 5.54. The normalized spacial score (nSPS) is 22.5. The molecule has 2 aliphatic heterocycles. The zero-order valence-corrected chi connectivity index (χ0v) is 13.2. The minimum absolute atomic E-state index is 0.757. The van der Waals surface area contributed by atoms with Gasteiger partial charge in [-0.3, -0.25) is 4.90 Å². The molecular weight excluding hydrogens is 276 g/mol. The van der Waals surface area contributed by atoms with Crippen LogP contribution >= 0.6 is 0 Å². The van der Waals surface area contributed by atoms with Crippen molar-refractivity contribution in [1.29, 1.82) is 0 Å². The van der Waals surface area contributed by atoms with Crippen molar-refractivity contribution in [3.63, 3.8) is 0 Å². The van der Waals surface area contributed by atoms with Crippen LogP contribution in [0, 0.1) is 0 Å². The molecule has 0 amide bonds.